The molecule has 2 amide bonds. The summed E-state index contributed by atoms with van der Waals surface area (Å²) in [4.78, 5) is 17.1. The summed E-state index contributed by atoms with van der Waals surface area (Å²) >= 11 is 0. The first-order valence-corrected chi connectivity index (χ1v) is 9.25. The average molecular weight is 379 g/mol. The fraction of sp³-hybridized carbons (Fsp3) is 0.286. The molecule has 1 atom stereocenters. The van der Waals surface area contributed by atoms with E-state index < -0.39 is 0 Å². The summed E-state index contributed by atoms with van der Waals surface area (Å²) in [6.07, 6.45) is 1.75. The Balaban J connectivity index is 1.94. The summed E-state index contributed by atoms with van der Waals surface area (Å²) in [5.74, 6) is 0.397. The molecular weight excluding hydrogens is 354 g/mol. The maximum atomic E-state index is 12.6. The van der Waals surface area contributed by atoms with Gasteiger partial charge in [-0.1, -0.05) is 36.9 Å². The van der Waals surface area contributed by atoms with Crippen molar-refractivity contribution in [2.45, 2.75) is 19.4 Å². The number of hydrogen-bond acceptors (Lipinski definition) is 5. The van der Waals surface area contributed by atoms with Gasteiger partial charge in [-0.25, -0.2) is 9.78 Å². The van der Waals surface area contributed by atoms with Gasteiger partial charge in [0, 0.05) is 24.7 Å². The predicted molar refractivity (Wildman–Crippen MR) is 111 cm³/mol. The van der Waals surface area contributed by atoms with Crippen LogP contribution >= 0.6 is 0 Å². The van der Waals surface area contributed by atoms with Crippen LogP contribution in [-0.4, -0.2) is 37.0 Å². The highest BCUT2D eigenvalue weighted by Gasteiger charge is 2.19. The fourth-order valence-corrected chi connectivity index (χ4v) is 3.13. The minimum Gasteiger partial charge on any atom is -0.383 e. The van der Waals surface area contributed by atoms with E-state index in [9.17, 15) is 4.79 Å². The van der Waals surface area contributed by atoms with Gasteiger partial charge in [-0.05, 0) is 24.1 Å². The molecule has 4 N–H and O–H groups in total. The molecule has 2 heterocycles. The van der Waals surface area contributed by atoms with Gasteiger partial charge in [-0.3, -0.25) is 5.32 Å². The van der Waals surface area contributed by atoms with Crippen molar-refractivity contribution in [3.05, 3.63) is 65.4 Å². The van der Waals surface area contributed by atoms with Crippen LogP contribution in [0.15, 0.2) is 48.6 Å². The van der Waals surface area contributed by atoms with Crippen molar-refractivity contribution in [2.24, 2.45) is 0 Å². The van der Waals surface area contributed by atoms with Gasteiger partial charge < -0.3 is 20.8 Å². The van der Waals surface area contributed by atoms with Gasteiger partial charge >= 0.3 is 6.03 Å². The second kappa shape index (κ2) is 9.14. The van der Waals surface area contributed by atoms with Crippen LogP contribution < -0.4 is 16.0 Å². The van der Waals surface area contributed by atoms with Crippen molar-refractivity contribution >= 4 is 23.8 Å². The number of pyridine rings is 1. The van der Waals surface area contributed by atoms with E-state index in [1.807, 2.05) is 37.3 Å². The Morgan fingerprint density at radius 1 is 1.39 bits per heavy atom. The molecule has 1 aliphatic heterocycles. The van der Waals surface area contributed by atoms with Crippen molar-refractivity contribution in [1.82, 2.24) is 10.3 Å². The summed E-state index contributed by atoms with van der Waals surface area (Å²) in [6, 6.07) is 10.7. The number of rotatable bonds is 4. The highest BCUT2D eigenvalue weighted by molar-refractivity contribution is 5.92. The lowest BCUT2D eigenvalue weighted by molar-refractivity contribution is 0.131. The van der Waals surface area contributed by atoms with Crippen molar-refractivity contribution in [3.8, 4) is 0 Å². The molecule has 28 heavy (non-hydrogen) atoms. The Morgan fingerprint density at radius 2 is 2.18 bits per heavy atom. The van der Waals surface area contributed by atoms with Crippen LogP contribution in [0.1, 0.15) is 29.8 Å². The highest BCUT2D eigenvalue weighted by atomic mass is 16.5. The first-order valence-electron chi connectivity index (χ1n) is 9.25. The molecule has 7 heteroatoms. The van der Waals surface area contributed by atoms with Crippen molar-refractivity contribution < 1.29 is 9.53 Å². The number of amides is 2. The van der Waals surface area contributed by atoms with Crippen LogP contribution in [0.2, 0.25) is 0 Å². The molecule has 0 spiro atoms. The maximum Gasteiger partial charge on any atom is 0.320 e. The monoisotopic (exact) mass is 379 g/mol. The van der Waals surface area contributed by atoms with E-state index in [2.05, 4.69) is 27.5 Å². The molecule has 1 aromatic carbocycles. The summed E-state index contributed by atoms with van der Waals surface area (Å²) in [5, 5.41) is 16.7. The highest BCUT2D eigenvalue weighted by Crippen LogP contribution is 2.25. The second-order valence-corrected chi connectivity index (χ2v) is 6.60. The summed E-state index contributed by atoms with van der Waals surface area (Å²) < 4.78 is 5.83. The van der Waals surface area contributed by atoms with Crippen LogP contribution in [-0.2, 0) is 11.2 Å². The van der Waals surface area contributed by atoms with Gasteiger partial charge in [0.15, 0.2) is 0 Å². The van der Waals surface area contributed by atoms with E-state index in [4.69, 9.17) is 10.1 Å². The number of fused-ring (bicyclic) bond motifs is 2. The Bertz CT molecular complexity index is 867. The third-order valence-electron chi connectivity index (χ3n) is 4.39. The Hall–Kier alpha value is -3.19. The number of ether oxygens (including phenoxy) is 1. The van der Waals surface area contributed by atoms with E-state index in [0.717, 1.165) is 22.5 Å². The van der Waals surface area contributed by atoms with E-state index >= 15 is 0 Å². The molecule has 0 saturated heterocycles. The first-order chi connectivity index (χ1) is 13.6. The van der Waals surface area contributed by atoms with Gasteiger partial charge in [0.2, 0.25) is 0 Å². The summed E-state index contributed by atoms with van der Waals surface area (Å²) in [7, 11) is 0. The minimum atomic E-state index is -0.373. The number of carbonyl (C=O) groups excluding carboxylic acids is 1. The lowest BCUT2D eigenvalue weighted by Crippen LogP contribution is -2.35. The number of nitrogens with zero attached hydrogens (tertiary/aromatic N) is 1. The third-order valence-corrected chi connectivity index (χ3v) is 4.39. The number of carbonyl (C=O) groups is 1. The van der Waals surface area contributed by atoms with Gasteiger partial charge in [-0.15, -0.1) is 0 Å². The molecule has 1 aliphatic rings. The van der Waals surface area contributed by atoms with Crippen LogP contribution in [0, 0.1) is 5.41 Å². The Kier molecular flexibility index (Phi) is 6.39. The maximum absolute atomic E-state index is 12.6. The van der Waals surface area contributed by atoms with Crippen LogP contribution in [0.3, 0.4) is 0 Å². The SMILES string of the molecule is C=C1COC[C@H](c2ccccc2)NC(=O)Nc2cc(C=N)c(NCC)c(n2)C1. The number of aromatic nitrogens is 1. The zero-order chi connectivity index (χ0) is 19.9. The lowest BCUT2D eigenvalue weighted by Gasteiger charge is -2.22. The standard InChI is InChI=1S/C21H25N5O2/c1-3-23-20-16(11-22)10-19-24-17(20)9-14(2)12-28-13-18(25-21(27)26-19)15-7-5-4-6-8-15/h4-8,10-11,18,22-23H,2-3,9,12-13H2,1H3,(H2,24,25,26,27)/t18-/m1/s1. The molecular formula is C21H25N5O2. The number of hydrogen-bond donors (Lipinski definition) is 4. The molecule has 0 saturated carbocycles. The summed E-state index contributed by atoms with van der Waals surface area (Å²) in [6.45, 7) is 7.49. The molecule has 2 aromatic rings. The fourth-order valence-electron chi connectivity index (χ4n) is 3.13. The number of urea groups is 1. The second-order valence-electron chi connectivity index (χ2n) is 6.60. The zero-order valence-electron chi connectivity index (χ0n) is 15.9. The smallest absolute Gasteiger partial charge is 0.320 e. The third kappa shape index (κ3) is 4.75. The van der Waals surface area contributed by atoms with Crippen molar-refractivity contribution in [3.63, 3.8) is 0 Å². The Morgan fingerprint density at radius 3 is 2.89 bits per heavy atom. The van der Waals surface area contributed by atoms with E-state index in [1.165, 1.54) is 6.21 Å². The number of benzene rings is 1. The van der Waals surface area contributed by atoms with E-state index in [0.29, 0.717) is 37.6 Å². The van der Waals surface area contributed by atoms with Gasteiger partial charge in [0.25, 0.3) is 0 Å². The average Bonchev–Trinajstić information content (AvgIpc) is 2.68. The van der Waals surface area contributed by atoms with E-state index in [1.54, 1.807) is 6.07 Å². The Labute approximate surface area is 164 Å². The van der Waals surface area contributed by atoms with E-state index in [-0.39, 0.29) is 12.1 Å². The molecule has 0 aliphatic carbocycles. The predicted octanol–water partition coefficient (Wildman–Crippen LogP) is 3.50. The van der Waals surface area contributed by atoms with Gasteiger partial charge in [0.05, 0.1) is 30.6 Å². The quantitative estimate of drug-likeness (QED) is 0.483. The largest absolute Gasteiger partial charge is 0.383 e. The molecule has 2 bridgehead atoms. The molecule has 0 fully saturated rings. The zero-order valence-corrected chi connectivity index (χ0v) is 15.9. The molecule has 3 rings (SSSR count). The lowest BCUT2D eigenvalue weighted by atomic mass is 10.1. The van der Waals surface area contributed by atoms with Crippen molar-refractivity contribution in [2.75, 3.05) is 30.4 Å². The van der Waals surface area contributed by atoms with Crippen LogP contribution in [0.25, 0.3) is 0 Å². The van der Waals surface area contributed by atoms with Gasteiger partial charge in [-0.2, -0.15) is 0 Å². The summed E-state index contributed by atoms with van der Waals surface area (Å²) in [5.41, 5.74) is 4.00. The molecule has 1 aromatic heterocycles. The molecule has 0 unspecified atom stereocenters. The first kappa shape index (κ1) is 19.6. The topological polar surface area (TPSA) is 99.1 Å². The number of nitrogens with one attached hydrogen (secondary N) is 4. The molecule has 146 valence electrons. The number of anilines is 2. The van der Waals surface area contributed by atoms with Crippen LogP contribution in [0.5, 0.6) is 0 Å². The van der Waals surface area contributed by atoms with Gasteiger partial charge in [0.1, 0.15) is 5.82 Å². The normalized spacial score (nSPS) is 17.5. The molecule has 0 radical (unpaired) electrons. The molecule has 7 nitrogen and oxygen atoms in total. The minimum absolute atomic E-state index is 0.295. The van der Waals surface area contributed by atoms with Crippen molar-refractivity contribution in [1.29, 1.82) is 5.41 Å². The van der Waals surface area contributed by atoms with Crippen LogP contribution in [0.4, 0.5) is 16.3 Å².